The summed E-state index contributed by atoms with van der Waals surface area (Å²) in [6, 6.07) is 71.4. The maximum absolute atomic E-state index is 10.0. The number of benzene rings is 8. The standard InChI is InChI=1S/C55H32N6/c56-33-36-19-23-38(24-20-36)47-30-44(51-32-50(40-11-3-1-4-12-40)59-55(60-51)41-13-5-2-6-14-41)31-48(39-25-21-37(34-57)22-26-39)54(47)61-52-18-10-9-17-46(52)49-29-42(27-28-53(49)61)45-16-8-7-15-43(45)35-58/h1-32H. The second-order valence-electron chi connectivity index (χ2n) is 14.7. The van der Waals surface area contributed by atoms with Crippen molar-refractivity contribution < 1.29 is 0 Å². The number of nitriles is 3. The van der Waals surface area contributed by atoms with Crippen LogP contribution in [0, 0.1) is 34.0 Å². The monoisotopic (exact) mass is 776 g/mol. The summed E-state index contributed by atoms with van der Waals surface area (Å²) in [7, 11) is 0. The third-order valence-electron chi connectivity index (χ3n) is 11.1. The van der Waals surface area contributed by atoms with E-state index in [0.717, 1.165) is 89.0 Å². The van der Waals surface area contributed by atoms with Crippen LogP contribution >= 0.6 is 0 Å². The van der Waals surface area contributed by atoms with Crippen LogP contribution in [0.15, 0.2) is 194 Å². The minimum atomic E-state index is 0.562. The fourth-order valence-electron chi connectivity index (χ4n) is 8.19. The SMILES string of the molecule is N#Cc1ccc(-c2cc(-c3cc(-c4ccccc4)nc(-c4ccccc4)n3)cc(-c3ccc(C#N)cc3)c2-n2c3ccccc3c3cc(-c4ccccc4C#N)ccc32)cc1. The zero-order chi connectivity index (χ0) is 41.3. The molecule has 2 aromatic heterocycles. The van der Waals surface area contributed by atoms with Crippen molar-refractivity contribution in [1.29, 1.82) is 15.8 Å². The van der Waals surface area contributed by atoms with E-state index in [1.54, 1.807) is 0 Å². The average Bonchev–Trinajstić information content (AvgIpc) is 3.67. The van der Waals surface area contributed by atoms with Crippen molar-refractivity contribution in [1.82, 2.24) is 14.5 Å². The van der Waals surface area contributed by atoms with Crippen molar-refractivity contribution in [2.75, 3.05) is 0 Å². The van der Waals surface area contributed by atoms with E-state index in [0.29, 0.717) is 22.5 Å². The topological polar surface area (TPSA) is 102 Å². The predicted octanol–water partition coefficient (Wildman–Crippen LogP) is 13.2. The van der Waals surface area contributed by atoms with Crippen molar-refractivity contribution in [3.8, 4) is 91.2 Å². The molecule has 0 atom stereocenters. The van der Waals surface area contributed by atoms with Crippen LogP contribution in [0.4, 0.5) is 0 Å². The van der Waals surface area contributed by atoms with Gasteiger partial charge in [0.2, 0.25) is 0 Å². The molecule has 61 heavy (non-hydrogen) atoms. The Hall–Kier alpha value is -8.89. The Balaban J connectivity index is 1.32. The van der Waals surface area contributed by atoms with E-state index < -0.39 is 0 Å². The van der Waals surface area contributed by atoms with E-state index in [2.05, 4.69) is 89.5 Å². The lowest BCUT2D eigenvalue weighted by Crippen LogP contribution is -2.03. The highest BCUT2D eigenvalue weighted by Crippen LogP contribution is 2.45. The Morgan fingerprint density at radius 3 is 1.51 bits per heavy atom. The first-order valence-electron chi connectivity index (χ1n) is 19.8. The smallest absolute Gasteiger partial charge is 0.160 e. The molecule has 0 unspecified atom stereocenters. The molecule has 282 valence electrons. The second-order valence-corrected chi connectivity index (χ2v) is 14.7. The van der Waals surface area contributed by atoms with Crippen molar-refractivity contribution in [3.05, 3.63) is 211 Å². The molecule has 8 aromatic carbocycles. The zero-order valence-corrected chi connectivity index (χ0v) is 32.7. The van der Waals surface area contributed by atoms with Gasteiger partial charge in [-0.05, 0) is 89.0 Å². The molecule has 0 saturated heterocycles. The van der Waals surface area contributed by atoms with E-state index in [9.17, 15) is 15.8 Å². The van der Waals surface area contributed by atoms with Crippen LogP contribution in [-0.4, -0.2) is 14.5 Å². The maximum Gasteiger partial charge on any atom is 0.160 e. The van der Waals surface area contributed by atoms with Crippen LogP contribution in [0.2, 0.25) is 0 Å². The Kier molecular flexibility index (Phi) is 9.24. The van der Waals surface area contributed by atoms with E-state index >= 15 is 0 Å². The molecule has 0 saturated carbocycles. The summed E-state index contributed by atoms with van der Waals surface area (Å²) >= 11 is 0. The molecule has 0 aliphatic rings. The van der Waals surface area contributed by atoms with Gasteiger partial charge in [0, 0.05) is 38.6 Å². The third-order valence-corrected chi connectivity index (χ3v) is 11.1. The fourth-order valence-corrected chi connectivity index (χ4v) is 8.19. The lowest BCUT2D eigenvalue weighted by atomic mass is 9.91. The summed E-state index contributed by atoms with van der Waals surface area (Å²) in [5.74, 6) is 0.608. The van der Waals surface area contributed by atoms with E-state index in [-0.39, 0.29) is 0 Å². The van der Waals surface area contributed by atoms with Crippen LogP contribution in [0.25, 0.3) is 94.8 Å². The van der Waals surface area contributed by atoms with E-state index in [4.69, 9.17) is 9.97 Å². The van der Waals surface area contributed by atoms with Gasteiger partial charge in [0.1, 0.15) is 0 Å². The van der Waals surface area contributed by atoms with Gasteiger partial charge in [-0.1, -0.05) is 127 Å². The minimum absolute atomic E-state index is 0.562. The number of para-hydroxylation sites is 1. The highest BCUT2D eigenvalue weighted by Gasteiger charge is 2.23. The van der Waals surface area contributed by atoms with Gasteiger partial charge in [-0.2, -0.15) is 15.8 Å². The third kappa shape index (κ3) is 6.65. The number of fused-ring (bicyclic) bond motifs is 3. The highest BCUT2D eigenvalue weighted by atomic mass is 15.0. The van der Waals surface area contributed by atoms with E-state index in [1.165, 1.54) is 0 Å². The minimum Gasteiger partial charge on any atom is -0.308 e. The van der Waals surface area contributed by atoms with Gasteiger partial charge < -0.3 is 4.57 Å². The Bertz CT molecular complexity index is 3280. The van der Waals surface area contributed by atoms with Gasteiger partial charge in [0.25, 0.3) is 0 Å². The first-order chi connectivity index (χ1) is 30.1. The number of rotatable bonds is 7. The molecule has 0 bridgehead atoms. The molecular weight excluding hydrogens is 745 g/mol. The van der Waals surface area contributed by atoms with Crippen LogP contribution in [-0.2, 0) is 0 Å². The summed E-state index contributed by atoms with van der Waals surface area (Å²) in [4.78, 5) is 10.3. The molecule has 0 spiro atoms. The summed E-state index contributed by atoms with van der Waals surface area (Å²) in [5.41, 5.74) is 14.4. The Morgan fingerprint density at radius 1 is 0.361 bits per heavy atom. The molecule has 0 radical (unpaired) electrons. The lowest BCUT2D eigenvalue weighted by molar-refractivity contribution is 1.17. The normalized spacial score (nSPS) is 10.9. The molecule has 0 N–H and O–H groups in total. The van der Waals surface area contributed by atoms with Gasteiger partial charge in [-0.3, -0.25) is 0 Å². The number of nitrogens with zero attached hydrogens (tertiary/aromatic N) is 6. The van der Waals surface area contributed by atoms with Gasteiger partial charge in [-0.25, -0.2) is 9.97 Å². The summed E-state index contributed by atoms with van der Waals surface area (Å²) < 4.78 is 2.32. The number of aromatic nitrogens is 3. The second kappa shape index (κ2) is 15.5. The molecule has 2 heterocycles. The van der Waals surface area contributed by atoms with Crippen molar-refractivity contribution >= 4 is 21.8 Å². The van der Waals surface area contributed by atoms with Crippen molar-refractivity contribution in [2.45, 2.75) is 0 Å². The molecule has 10 rings (SSSR count). The van der Waals surface area contributed by atoms with Gasteiger partial charge in [0.15, 0.2) is 5.82 Å². The van der Waals surface area contributed by atoms with Crippen molar-refractivity contribution in [2.24, 2.45) is 0 Å². The molecular formula is C55H32N6. The summed E-state index contributed by atoms with van der Waals surface area (Å²) in [5, 5.41) is 31.8. The number of hydrogen-bond donors (Lipinski definition) is 0. The average molecular weight is 777 g/mol. The molecule has 0 aliphatic carbocycles. The lowest BCUT2D eigenvalue weighted by Gasteiger charge is -2.21. The quantitative estimate of drug-likeness (QED) is 0.160. The van der Waals surface area contributed by atoms with Gasteiger partial charge in [-0.15, -0.1) is 0 Å². The van der Waals surface area contributed by atoms with E-state index in [1.807, 2.05) is 127 Å². The zero-order valence-electron chi connectivity index (χ0n) is 32.7. The van der Waals surface area contributed by atoms with Crippen LogP contribution in [0.1, 0.15) is 16.7 Å². The van der Waals surface area contributed by atoms with Gasteiger partial charge in [0.05, 0.1) is 63.0 Å². The van der Waals surface area contributed by atoms with Crippen LogP contribution in [0.3, 0.4) is 0 Å². The largest absolute Gasteiger partial charge is 0.308 e. The molecule has 0 amide bonds. The molecule has 6 nitrogen and oxygen atoms in total. The van der Waals surface area contributed by atoms with Gasteiger partial charge >= 0.3 is 0 Å². The summed E-state index contributed by atoms with van der Waals surface area (Å²) in [6.07, 6.45) is 0. The molecule has 0 aliphatic heterocycles. The fraction of sp³-hybridized carbons (Fsp3) is 0. The highest BCUT2D eigenvalue weighted by molar-refractivity contribution is 6.12. The molecule has 6 heteroatoms. The molecule has 0 fully saturated rings. The maximum atomic E-state index is 10.0. The first-order valence-corrected chi connectivity index (χ1v) is 19.8. The Labute approximate surface area is 352 Å². The van der Waals surface area contributed by atoms with Crippen LogP contribution < -0.4 is 0 Å². The molecule has 10 aromatic rings. The summed E-state index contributed by atoms with van der Waals surface area (Å²) in [6.45, 7) is 0. The first kappa shape index (κ1) is 36.5. The van der Waals surface area contributed by atoms with Crippen LogP contribution in [0.5, 0.6) is 0 Å². The predicted molar refractivity (Wildman–Crippen MR) is 243 cm³/mol. The van der Waals surface area contributed by atoms with Crippen molar-refractivity contribution in [3.63, 3.8) is 0 Å². The Morgan fingerprint density at radius 2 is 0.885 bits per heavy atom. The number of hydrogen-bond acceptors (Lipinski definition) is 5.